The van der Waals surface area contributed by atoms with Crippen LogP contribution in [0.5, 0.6) is 0 Å². The fourth-order valence-corrected chi connectivity index (χ4v) is 1.69. The molecule has 0 bridgehead atoms. The molecular formula is C11H15NO. The number of aliphatic hydroxyl groups excluding tert-OH is 1. The number of aliphatic hydroxyl groups is 1. The standard InChI is InChI=1S/C11H15NO/c1-9-11(13)8-12(9)7-10-5-3-2-4-6-10/h2-6,9,11,13H,7-8H2,1H3/t9-,11+/m1/s1. The lowest BCUT2D eigenvalue weighted by atomic mass is 10.0. The van der Waals surface area contributed by atoms with Crippen molar-refractivity contribution in [2.45, 2.75) is 25.6 Å². The molecule has 1 aromatic rings. The Morgan fingerprint density at radius 3 is 2.62 bits per heavy atom. The molecule has 1 saturated heterocycles. The number of benzene rings is 1. The Kier molecular flexibility index (Phi) is 2.34. The highest BCUT2D eigenvalue weighted by Gasteiger charge is 2.33. The number of nitrogens with zero attached hydrogens (tertiary/aromatic N) is 1. The second kappa shape index (κ2) is 3.48. The van der Waals surface area contributed by atoms with Gasteiger partial charge in [-0.2, -0.15) is 0 Å². The van der Waals surface area contributed by atoms with E-state index in [9.17, 15) is 5.11 Å². The monoisotopic (exact) mass is 177 g/mol. The summed E-state index contributed by atoms with van der Waals surface area (Å²) >= 11 is 0. The van der Waals surface area contributed by atoms with Gasteiger partial charge in [0.15, 0.2) is 0 Å². The smallest absolute Gasteiger partial charge is 0.0819 e. The first kappa shape index (κ1) is 8.73. The third kappa shape index (κ3) is 1.74. The molecule has 2 nitrogen and oxygen atoms in total. The quantitative estimate of drug-likeness (QED) is 0.735. The molecule has 0 aliphatic carbocycles. The van der Waals surface area contributed by atoms with E-state index in [0.717, 1.165) is 13.1 Å². The average molecular weight is 177 g/mol. The molecule has 1 aliphatic rings. The van der Waals surface area contributed by atoms with Crippen LogP contribution in [0.4, 0.5) is 0 Å². The average Bonchev–Trinajstić information content (AvgIpc) is 2.19. The molecule has 0 aromatic heterocycles. The fourth-order valence-electron chi connectivity index (χ4n) is 1.69. The molecule has 70 valence electrons. The molecule has 1 aromatic carbocycles. The molecule has 0 spiro atoms. The van der Waals surface area contributed by atoms with Gasteiger partial charge in [0.25, 0.3) is 0 Å². The van der Waals surface area contributed by atoms with Crippen LogP contribution in [0.2, 0.25) is 0 Å². The molecule has 13 heavy (non-hydrogen) atoms. The first-order valence-electron chi connectivity index (χ1n) is 4.73. The summed E-state index contributed by atoms with van der Waals surface area (Å²) in [4.78, 5) is 2.28. The van der Waals surface area contributed by atoms with Gasteiger partial charge >= 0.3 is 0 Å². The number of rotatable bonds is 2. The Hall–Kier alpha value is -0.860. The van der Waals surface area contributed by atoms with Crippen LogP contribution in [0.3, 0.4) is 0 Å². The normalized spacial score (nSPS) is 28.5. The van der Waals surface area contributed by atoms with Crippen molar-refractivity contribution >= 4 is 0 Å². The molecule has 2 heteroatoms. The topological polar surface area (TPSA) is 23.5 Å². The highest BCUT2D eigenvalue weighted by molar-refractivity contribution is 5.15. The van der Waals surface area contributed by atoms with Crippen LogP contribution < -0.4 is 0 Å². The van der Waals surface area contributed by atoms with E-state index in [1.165, 1.54) is 5.56 Å². The highest BCUT2D eigenvalue weighted by Crippen LogP contribution is 2.20. The van der Waals surface area contributed by atoms with Gasteiger partial charge in [-0.25, -0.2) is 0 Å². The van der Waals surface area contributed by atoms with Crippen LogP contribution in [-0.4, -0.2) is 28.7 Å². The zero-order chi connectivity index (χ0) is 9.26. The van der Waals surface area contributed by atoms with Gasteiger partial charge in [-0.3, -0.25) is 4.90 Å². The zero-order valence-corrected chi connectivity index (χ0v) is 7.85. The first-order chi connectivity index (χ1) is 6.27. The third-order valence-electron chi connectivity index (χ3n) is 2.78. The predicted molar refractivity (Wildman–Crippen MR) is 52.3 cm³/mol. The summed E-state index contributed by atoms with van der Waals surface area (Å²) in [7, 11) is 0. The fraction of sp³-hybridized carbons (Fsp3) is 0.455. The number of β-amino-alcohol motifs (C(OH)–C–C–N with tert-alkyl or cyclic N) is 1. The summed E-state index contributed by atoms with van der Waals surface area (Å²) in [5.41, 5.74) is 1.32. The first-order valence-corrected chi connectivity index (χ1v) is 4.73. The molecule has 0 unspecified atom stereocenters. The van der Waals surface area contributed by atoms with Gasteiger partial charge in [-0.05, 0) is 12.5 Å². The second-order valence-electron chi connectivity index (χ2n) is 3.72. The lowest BCUT2D eigenvalue weighted by Crippen LogP contribution is -2.57. The van der Waals surface area contributed by atoms with Gasteiger partial charge in [0.2, 0.25) is 0 Å². The Labute approximate surface area is 78.8 Å². The minimum absolute atomic E-state index is 0.122. The summed E-state index contributed by atoms with van der Waals surface area (Å²) in [6, 6.07) is 10.7. The molecule has 1 aliphatic heterocycles. The molecule has 0 radical (unpaired) electrons. The lowest BCUT2D eigenvalue weighted by Gasteiger charge is -2.43. The third-order valence-corrected chi connectivity index (χ3v) is 2.78. The Morgan fingerprint density at radius 2 is 2.08 bits per heavy atom. The van der Waals surface area contributed by atoms with E-state index < -0.39 is 0 Å². The summed E-state index contributed by atoms with van der Waals surface area (Å²) in [6.45, 7) is 3.84. The SMILES string of the molecule is C[C@@H]1[C@@H](O)CN1Cc1ccccc1. The van der Waals surface area contributed by atoms with Crippen molar-refractivity contribution in [3.63, 3.8) is 0 Å². The van der Waals surface area contributed by atoms with Gasteiger partial charge in [-0.15, -0.1) is 0 Å². The largest absolute Gasteiger partial charge is 0.390 e. The Balaban J connectivity index is 1.93. The maximum absolute atomic E-state index is 9.32. The maximum atomic E-state index is 9.32. The van der Waals surface area contributed by atoms with Gasteiger partial charge in [0, 0.05) is 19.1 Å². The molecule has 1 heterocycles. The minimum Gasteiger partial charge on any atom is -0.390 e. The molecule has 0 saturated carbocycles. The second-order valence-corrected chi connectivity index (χ2v) is 3.72. The van der Waals surface area contributed by atoms with Gasteiger partial charge in [0.05, 0.1) is 6.10 Å². The van der Waals surface area contributed by atoms with Crippen molar-refractivity contribution in [2.24, 2.45) is 0 Å². The van der Waals surface area contributed by atoms with Crippen molar-refractivity contribution in [3.05, 3.63) is 35.9 Å². The van der Waals surface area contributed by atoms with E-state index in [1.807, 2.05) is 6.07 Å². The lowest BCUT2D eigenvalue weighted by molar-refractivity contribution is -0.0571. The van der Waals surface area contributed by atoms with E-state index in [2.05, 4.69) is 36.1 Å². The molecule has 1 N–H and O–H groups in total. The van der Waals surface area contributed by atoms with E-state index in [-0.39, 0.29) is 6.10 Å². The zero-order valence-electron chi connectivity index (χ0n) is 7.85. The molecular weight excluding hydrogens is 162 g/mol. The van der Waals surface area contributed by atoms with Gasteiger partial charge < -0.3 is 5.11 Å². The molecule has 0 amide bonds. The van der Waals surface area contributed by atoms with Crippen LogP contribution >= 0.6 is 0 Å². The summed E-state index contributed by atoms with van der Waals surface area (Å²) < 4.78 is 0. The summed E-state index contributed by atoms with van der Waals surface area (Å²) in [5.74, 6) is 0. The van der Waals surface area contributed by atoms with Crippen molar-refractivity contribution in [3.8, 4) is 0 Å². The number of likely N-dealkylation sites (tertiary alicyclic amines) is 1. The van der Waals surface area contributed by atoms with Crippen LogP contribution in [0.1, 0.15) is 12.5 Å². The van der Waals surface area contributed by atoms with Crippen LogP contribution in [0.25, 0.3) is 0 Å². The van der Waals surface area contributed by atoms with Gasteiger partial charge in [-0.1, -0.05) is 30.3 Å². The van der Waals surface area contributed by atoms with Crippen molar-refractivity contribution in [1.29, 1.82) is 0 Å². The van der Waals surface area contributed by atoms with Crippen molar-refractivity contribution < 1.29 is 5.11 Å². The Bertz CT molecular complexity index is 273. The van der Waals surface area contributed by atoms with Crippen LogP contribution in [0, 0.1) is 0 Å². The minimum atomic E-state index is -0.122. The van der Waals surface area contributed by atoms with E-state index in [0.29, 0.717) is 6.04 Å². The molecule has 1 fully saturated rings. The highest BCUT2D eigenvalue weighted by atomic mass is 16.3. The summed E-state index contributed by atoms with van der Waals surface area (Å²) in [6.07, 6.45) is -0.122. The molecule has 2 atom stereocenters. The van der Waals surface area contributed by atoms with Crippen LogP contribution in [-0.2, 0) is 6.54 Å². The van der Waals surface area contributed by atoms with E-state index in [1.54, 1.807) is 0 Å². The Morgan fingerprint density at radius 1 is 1.38 bits per heavy atom. The predicted octanol–water partition coefficient (Wildman–Crippen LogP) is 1.25. The maximum Gasteiger partial charge on any atom is 0.0819 e. The van der Waals surface area contributed by atoms with Crippen LogP contribution in [0.15, 0.2) is 30.3 Å². The van der Waals surface area contributed by atoms with Crippen molar-refractivity contribution in [1.82, 2.24) is 4.90 Å². The molecule has 2 rings (SSSR count). The van der Waals surface area contributed by atoms with E-state index >= 15 is 0 Å². The summed E-state index contributed by atoms with van der Waals surface area (Å²) in [5, 5.41) is 9.32. The van der Waals surface area contributed by atoms with E-state index in [4.69, 9.17) is 0 Å². The number of hydrogen-bond donors (Lipinski definition) is 1. The number of hydrogen-bond acceptors (Lipinski definition) is 2. The van der Waals surface area contributed by atoms with Crippen molar-refractivity contribution in [2.75, 3.05) is 6.54 Å². The van der Waals surface area contributed by atoms with Gasteiger partial charge in [0.1, 0.15) is 0 Å².